The van der Waals surface area contributed by atoms with Crippen LogP contribution in [0.5, 0.6) is 0 Å². The van der Waals surface area contributed by atoms with E-state index in [-0.39, 0.29) is 0 Å². The molecule has 0 saturated carbocycles. The van der Waals surface area contributed by atoms with E-state index in [9.17, 15) is 0 Å². The minimum atomic E-state index is 0.451. The topological polar surface area (TPSA) is 69.6 Å². The van der Waals surface area contributed by atoms with Crippen molar-refractivity contribution >= 4 is 0 Å². The lowest BCUT2D eigenvalue weighted by Crippen LogP contribution is -2.11. The van der Waals surface area contributed by atoms with E-state index in [2.05, 4.69) is 28.9 Å². The SMILES string of the molecule is CCc1nc(CC)n(Cc2cccnc2CN)n1. The zero-order chi connectivity index (χ0) is 13.0. The van der Waals surface area contributed by atoms with Crippen LogP contribution < -0.4 is 5.73 Å². The summed E-state index contributed by atoms with van der Waals surface area (Å²) >= 11 is 0. The molecule has 2 heterocycles. The van der Waals surface area contributed by atoms with Crippen molar-refractivity contribution < 1.29 is 0 Å². The lowest BCUT2D eigenvalue weighted by atomic mass is 10.2. The number of pyridine rings is 1. The second-order valence-electron chi connectivity index (χ2n) is 4.12. The van der Waals surface area contributed by atoms with Gasteiger partial charge >= 0.3 is 0 Å². The molecule has 0 radical (unpaired) electrons. The maximum Gasteiger partial charge on any atom is 0.150 e. The summed E-state index contributed by atoms with van der Waals surface area (Å²) in [5.74, 6) is 1.91. The normalized spacial score (nSPS) is 10.8. The van der Waals surface area contributed by atoms with Gasteiger partial charge in [0.2, 0.25) is 0 Å². The molecule has 5 nitrogen and oxygen atoms in total. The monoisotopic (exact) mass is 245 g/mol. The van der Waals surface area contributed by atoms with Crippen molar-refractivity contribution in [2.75, 3.05) is 0 Å². The molecule has 2 aromatic rings. The van der Waals surface area contributed by atoms with E-state index in [1.807, 2.05) is 16.8 Å². The molecule has 0 aliphatic rings. The fraction of sp³-hybridized carbons (Fsp3) is 0.462. The van der Waals surface area contributed by atoms with E-state index in [1.54, 1.807) is 6.20 Å². The van der Waals surface area contributed by atoms with Crippen LogP contribution in [0.3, 0.4) is 0 Å². The zero-order valence-corrected chi connectivity index (χ0v) is 10.9. The Morgan fingerprint density at radius 2 is 2.11 bits per heavy atom. The predicted molar refractivity (Wildman–Crippen MR) is 70.0 cm³/mol. The van der Waals surface area contributed by atoms with Crippen LogP contribution in [0.4, 0.5) is 0 Å². The number of hydrogen-bond acceptors (Lipinski definition) is 4. The molecule has 2 aromatic heterocycles. The van der Waals surface area contributed by atoms with Crippen molar-refractivity contribution in [1.29, 1.82) is 0 Å². The molecule has 18 heavy (non-hydrogen) atoms. The maximum atomic E-state index is 5.70. The molecular formula is C13H19N5. The third-order valence-electron chi connectivity index (χ3n) is 2.92. The van der Waals surface area contributed by atoms with Gasteiger partial charge in [-0.05, 0) is 11.6 Å². The van der Waals surface area contributed by atoms with Crippen molar-refractivity contribution in [3.8, 4) is 0 Å². The van der Waals surface area contributed by atoms with Gasteiger partial charge in [-0.25, -0.2) is 9.67 Å². The number of aromatic nitrogens is 4. The van der Waals surface area contributed by atoms with Gasteiger partial charge in [0.25, 0.3) is 0 Å². The third-order valence-corrected chi connectivity index (χ3v) is 2.92. The fourth-order valence-corrected chi connectivity index (χ4v) is 1.92. The average molecular weight is 245 g/mol. The number of nitrogens with zero attached hydrogens (tertiary/aromatic N) is 4. The maximum absolute atomic E-state index is 5.70. The molecule has 0 aliphatic carbocycles. The second-order valence-corrected chi connectivity index (χ2v) is 4.12. The molecule has 0 spiro atoms. The Morgan fingerprint density at radius 3 is 2.78 bits per heavy atom. The van der Waals surface area contributed by atoms with Crippen molar-refractivity contribution in [3.05, 3.63) is 41.2 Å². The van der Waals surface area contributed by atoms with Gasteiger partial charge in [-0.1, -0.05) is 19.9 Å². The summed E-state index contributed by atoms with van der Waals surface area (Å²) in [5, 5.41) is 4.51. The smallest absolute Gasteiger partial charge is 0.150 e. The first-order chi connectivity index (χ1) is 8.78. The summed E-state index contributed by atoms with van der Waals surface area (Å²) in [6.45, 7) is 5.30. The summed E-state index contributed by atoms with van der Waals surface area (Å²) < 4.78 is 1.95. The average Bonchev–Trinajstić information content (AvgIpc) is 2.81. The van der Waals surface area contributed by atoms with Crippen LogP contribution in [0.1, 0.15) is 36.8 Å². The Labute approximate surface area is 107 Å². The molecule has 0 amide bonds. The van der Waals surface area contributed by atoms with E-state index in [4.69, 9.17) is 5.73 Å². The van der Waals surface area contributed by atoms with E-state index in [1.165, 1.54) is 0 Å². The number of hydrogen-bond donors (Lipinski definition) is 1. The van der Waals surface area contributed by atoms with Gasteiger partial charge in [-0.15, -0.1) is 0 Å². The van der Waals surface area contributed by atoms with Crippen molar-refractivity contribution in [3.63, 3.8) is 0 Å². The first-order valence-electron chi connectivity index (χ1n) is 6.33. The highest BCUT2D eigenvalue weighted by Crippen LogP contribution is 2.09. The van der Waals surface area contributed by atoms with Gasteiger partial charge < -0.3 is 5.73 Å². The predicted octanol–water partition coefficient (Wildman–Crippen LogP) is 1.30. The van der Waals surface area contributed by atoms with Gasteiger partial charge in [-0.2, -0.15) is 5.10 Å². The van der Waals surface area contributed by atoms with Gasteiger partial charge in [0.1, 0.15) is 5.82 Å². The molecule has 96 valence electrons. The Bertz CT molecular complexity index is 518. The molecular weight excluding hydrogens is 226 g/mol. The summed E-state index contributed by atoms with van der Waals surface area (Å²) in [6, 6.07) is 3.97. The van der Waals surface area contributed by atoms with Crippen LogP contribution in [-0.2, 0) is 25.9 Å². The Morgan fingerprint density at radius 1 is 1.28 bits per heavy atom. The Kier molecular flexibility index (Phi) is 4.04. The molecule has 0 unspecified atom stereocenters. The molecule has 0 atom stereocenters. The fourth-order valence-electron chi connectivity index (χ4n) is 1.92. The van der Waals surface area contributed by atoms with Crippen LogP contribution in [0.25, 0.3) is 0 Å². The highest BCUT2D eigenvalue weighted by atomic mass is 15.3. The van der Waals surface area contributed by atoms with Gasteiger partial charge in [-0.3, -0.25) is 4.98 Å². The van der Waals surface area contributed by atoms with E-state index in [0.717, 1.165) is 35.7 Å². The van der Waals surface area contributed by atoms with Gasteiger partial charge in [0, 0.05) is 25.6 Å². The van der Waals surface area contributed by atoms with Crippen LogP contribution >= 0.6 is 0 Å². The molecule has 2 N–H and O–H groups in total. The minimum absolute atomic E-state index is 0.451. The van der Waals surface area contributed by atoms with Crippen LogP contribution in [-0.4, -0.2) is 19.7 Å². The van der Waals surface area contributed by atoms with Crippen LogP contribution in [0.15, 0.2) is 18.3 Å². The first-order valence-corrected chi connectivity index (χ1v) is 6.33. The van der Waals surface area contributed by atoms with E-state index < -0.39 is 0 Å². The zero-order valence-electron chi connectivity index (χ0n) is 10.9. The van der Waals surface area contributed by atoms with Crippen LogP contribution in [0.2, 0.25) is 0 Å². The highest BCUT2D eigenvalue weighted by Gasteiger charge is 2.09. The Balaban J connectivity index is 2.30. The molecule has 2 rings (SSSR count). The lowest BCUT2D eigenvalue weighted by Gasteiger charge is -2.08. The van der Waals surface area contributed by atoms with Crippen molar-refractivity contribution in [2.24, 2.45) is 5.73 Å². The molecule has 0 fully saturated rings. The third kappa shape index (κ3) is 2.56. The minimum Gasteiger partial charge on any atom is -0.325 e. The van der Waals surface area contributed by atoms with Crippen molar-refractivity contribution in [2.45, 2.75) is 39.8 Å². The van der Waals surface area contributed by atoms with E-state index >= 15 is 0 Å². The van der Waals surface area contributed by atoms with Gasteiger partial charge in [0.05, 0.1) is 12.2 Å². The molecule has 0 aromatic carbocycles. The molecule has 0 bridgehead atoms. The standard InChI is InChI=1S/C13H19N5/c1-3-12-16-13(4-2)18(17-12)9-10-6-5-7-15-11(10)8-14/h5-7H,3-4,8-9,14H2,1-2H3. The summed E-state index contributed by atoms with van der Waals surface area (Å²) in [4.78, 5) is 8.79. The van der Waals surface area contributed by atoms with E-state index in [0.29, 0.717) is 13.1 Å². The number of aryl methyl sites for hydroxylation is 2. The largest absolute Gasteiger partial charge is 0.325 e. The summed E-state index contributed by atoms with van der Waals surface area (Å²) in [6.07, 6.45) is 3.51. The molecule has 5 heteroatoms. The quantitative estimate of drug-likeness (QED) is 0.862. The van der Waals surface area contributed by atoms with Crippen LogP contribution in [0, 0.1) is 0 Å². The molecule has 0 aliphatic heterocycles. The lowest BCUT2D eigenvalue weighted by molar-refractivity contribution is 0.630. The van der Waals surface area contributed by atoms with Crippen molar-refractivity contribution in [1.82, 2.24) is 19.7 Å². The molecule has 0 saturated heterocycles. The highest BCUT2D eigenvalue weighted by molar-refractivity contribution is 5.20. The number of rotatable bonds is 5. The summed E-state index contributed by atoms with van der Waals surface area (Å²) in [7, 11) is 0. The van der Waals surface area contributed by atoms with Gasteiger partial charge in [0.15, 0.2) is 5.82 Å². The summed E-state index contributed by atoms with van der Waals surface area (Å²) in [5.41, 5.74) is 7.74. The first kappa shape index (κ1) is 12.7. The second kappa shape index (κ2) is 5.73. The Hall–Kier alpha value is -1.75. The number of nitrogens with two attached hydrogens (primary N) is 1.